The lowest BCUT2D eigenvalue weighted by molar-refractivity contribution is 0.00463. The number of amides is 2. The normalized spacial score (nSPS) is 18.1. The van der Waals surface area contributed by atoms with E-state index in [1.165, 1.54) is 6.42 Å². The minimum atomic E-state index is -0.121. The van der Waals surface area contributed by atoms with E-state index in [2.05, 4.69) is 10.3 Å². The zero-order valence-electron chi connectivity index (χ0n) is 12.8. The second-order valence-electron chi connectivity index (χ2n) is 5.71. The average Bonchev–Trinajstić information content (AvgIpc) is 2.55. The zero-order chi connectivity index (χ0) is 15.4. The lowest BCUT2D eigenvalue weighted by Gasteiger charge is -2.27. The number of carbonyl (C=O) groups is 1. The van der Waals surface area contributed by atoms with Gasteiger partial charge in [0, 0.05) is 37.5 Å². The van der Waals surface area contributed by atoms with Gasteiger partial charge >= 0.3 is 6.03 Å². The number of benzene rings is 1. The smallest absolute Gasteiger partial charge is 0.321 e. The van der Waals surface area contributed by atoms with E-state index in [4.69, 9.17) is 4.74 Å². The van der Waals surface area contributed by atoms with Gasteiger partial charge in [-0.25, -0.2) is 4.79 Å². The molecule has 0 bridgehead atoms. The third-order valence-electron chi connectivity index (χ3n) is 3.96. The Kier molecular flexibility index (Phi) is 4.53. The Hall–Kier alpha value is -2.14. The van der Waals surface area contributed by atoms with Crippen LogP contribution in [-0.4, -0.2) is 42.2 Å². The first-order valence-corrected chi connectivity index (χ1v) is 7.71. The number of rotatable bonds is 3. The van der Waals surface area contributed by atoms with Crippen LogP contribution in [0.1, 0.15) is 19.3 Å². The van der Waals surface area contributed by atoms with Crippen LogP contribution in [-0.2, 0) is 4.74 Å². The van der Waals surface area contributed by atoms with Crippen LogP contribution in [0.4, 0.5) is 10.5 Å². The fourth-order valence-electron chi connectivity index (χ4n) is 2.70. The fraction of sp³-hybridized carbons (Fsp3) is 0.412. The van der Waals surface area contributed by atoms with Gasteiger partial charge in [0.25, 0.3) is 0 Å². The molecule has 2 aromatic rings. The fourth-order valence-corrected chi connectivity index (χ4v) is 2.70. The summed E-state index contributed by atoms with van der Waals surface area (Å²) in [5.41, 5.74) is 1.63. The van der Waals surface area contributed by atoms with Crippen molar-refractivity contribution in [2.45, 2.75) is 25.4 Å². The summed E-state index contributed by atoms with van der Waals surface area (Å²) < 4.78 is 5.67. The molecule has 1 aliphatic heterocycles. The number of carbonyl (C=O) groups excluding carboxylic acids is 1. The molecule has 116 valence electrons. The summed E-state index contributed by atoms with van der Waals surface area (Å²) in [6.45, 7) is 1.42. The number of aromatic nitrogens is 1. The maximum atomic E-state index is 12.3. The predicted octanol–water partition coefficient (Wildman–Crippen LogP) is 3.27. The molecule has 22 heavy (non-hydrogen) atoms. The predicted molar refractivity (Wildman–Crippen MR) is 87.0 cm³/mol. The van der Waals surface area contributed by atoms with Crippen LogP contribution in [0.15, 0.2) is 36.5 Å². The third-order valence-corrected chi connectivity index (χ3v) is 3.96. The third kappa shape index (κ3) is 3.54. The van der Waals surface area contributed by atoms with Gasteiger partial charge in [-0.2, -0.15) is 0 Å². The Balaban J connectivity index is 1.61. The molecule has 1 atom stereocenters. The number of hydrogen-bond acceptors (Lipinski definition) is 3. The largest absolute Gasteiger partial charge is 0.376 e. The van der Waals surface area contributed by atoms with E-state index in [9.17, 15) is 4.79 Å². The summed E-state index contributed by atoms with van der Waals surface area (Å²) >= 11 is 0. The second kappa shape index (κ2) is 6.75. The molecule has 0 spiro atoms. The molecule has 0 aliphatic carbocycles. The maximum absolute atomic E-state index is 12.3. The van der Waals surface area contributed by atoms with Gasteiger partial charge in [0.15, 0.2) is 0 Å². The highest BCUT2D eigenvalue weighted by atomic mass is 16.5. The van der Waals surface area contributed by atoms with Crippen LogP contribution >= 0.6 is 0 Å². The van der Waals surface area contributed by atoms with E-state index in [-0.39, 0.29) is 12.1 Å². The van der Waals surface area contributed by atoms with Gasteiger partial charge in [-0.05, 0) is 37.5 Å². The van der Waals surface area contributed by atoms with E-state index in [1.807, 2.05) is 30.3 Å². The number of nitrogens with one attached hydrogen (secondary N) is 1. The van der Waals surface area contributed by atoms with E-state index >= 15 is 0 Å². The molecule has 1 N–H and O–H groups in total. The van der Waals surface area contributed by atoms with Gasteiger partial charge < -0.3 is 15.0 Å². The van der Waals surface area contributed by atoms with Crippen LogP contribution in [0, 0.1) is 0 Å². The summed E-state index contributed by atoms with van der Waals surface area (Å²) in [5.74, 6) is 0. The number of fused-ring (bicyclic) bond motifs is 1. The van der Waals surface area contributed by atoms with E-state index in [0.29, 0.717) is 6.54 Å². The number of urea groups is 1. The molecule has 1 unspecified atom stereocenters. The molecule has 0 radical (unpaired) electrons. The Morgan fingerprint density at radius 2 is 2.32 bits per heavy atom. The van der Waals surface area contributed by atoms with Crippen molar-refractivity contribution in [1.82, 2.24) is 9.88 Å². The molecule has 1 fully saturated rings. The zero-order valence-corrected chi connectivity index (χ0v) is 12.8. The molecular formula is C17H21N3O2. The SMILES string of the molecule is CN(CC1CCCCO1)C(=O)Nc1ccc2cccnc2c1. The van der Waals surface area contributed by atoms with Crippen molar-refractivity contribution >= 4 is 22.6 Å². The van der Waals surface area contributed by atoms with Crippen LogP contribution in [0.25, 0.3) is 10.9 Å². The second-order valence-corrected chi connectivity index (χ2v) is 5.71. The first kappa shape index (κ1) is 14.8. The highest BCUT2D eigenvalue weighted by molar-refractivity contribution is 5.92. The van der Waals surface area contributed by atoms with Gasteiger partial charge in [0.1, 0.15) is 0 Å². The summed E-state index contributed by atoms with van der Waals surface area (Å²) in [5, 5.41) is 3.97. The van der Waals surface area contributed by atoms with Crippen molar-refractivity contribution in [1.29, 1.82) is 0 Å². The molecule has 3 rings (SSSR count). The molecule has 2 amide bonds. The minimum Gasteiger partial charge on any atom is -0.376 e. The quantitative estimate of drug-likeness (QED) is 0.946. The molecule has 1 aromatic carbocycles. The van der Waals surface area contributed by atoms with Crippen LogP contribution in [0.2, 0.25) is 0 Å². The highest BCUT2D eigenvalue weighted by Gasteiger charge is 2.18. The van der Waals surface area contributed by atoms with E-state index in [1.54, 1.807) is 18.1 Å². The van der Waals surface area contributed by atoms with Crippen molar-refractivity contribution in [2.75, 3.05) is 25.5 Å². The standard InChI is InChI=1S/C17H21N3O2/c1-20(12-15-6-2-3-10-22-15)17(21)19-14-8-7-13-5-4-9-18-16(13)11-14/h4-5,7-9,11,15H,2-3,6,10,12H2,1H3,(H,19,21). The van der Waals surface area contributed by atoms with E-state index < -0.39 is 0 Å². The van der Waals surface area contributed by atoms with Crippen LogP contribution < -0.4 is 5.32 Å². The number of pyridine rings is 1. The molecule has 5 nitrogen and oxygen atoms in total. The lowest BCUT2D eigenvalue weighted by atomic mass is 10.1. The number of anilines is 1. The van der Waals surface area contributed by atoms with Crippen LogP contribution in [0.3, 0.4) is 0 Å². The first-order valence-electron chi connectivity index (χ1n) is 7.71. The van der Waals surface area contributed by atoms with Crippen molar-refractivity contribution in [3.05, 3.63) is 36.5 Å². The van der Waals surface area contributed by atoms with Gasteiger partial charge in [-0.15, -0.1) is 0 Å². The van der Waals surface area contributed by atoms with Crippen molar-refractivity contribution in [2.24, 2.45) is 0 Å². The minimum absolute atomic E-state index is 0.121. The number of likely N-dealkylation sites (N-methyl/N-ethyl adjacent to an activating group) is 1. The Morgan fingerprint density at radius 3 is 3.14 bits per heavy atom. The van der Waals surface area contributed by atoms with Crippen molar-refractivity contribution < 1.29 is 9.53 Å². The Labute approximate surface area is 130 Å². The monoisotopic (exact) mass is 299 g/mol. The van der Waals surface area contributed by atoms with Crippen LogP contribution in [0.5, 0.6) is 0 Å². The molecule has 0 saturated carbocycles. The van der Waals surface area contributed by atoms with E-state index in [0.717, 1.165) is 36.0 Å². The highest BCUT2D eigenvalue weighted by Crippen LogP contribution is 2.18. The Bertz CT molecular complexity index is 653. The summed E-state index contributed by atoms with van der Waals surface area (Å²) in [6.07, 6.45) is 5.23. The average molecular weight is 299 g/mol. The summed E-state index contributed by atoms with van der Waals surface area (Å²) in [6, 6.07) is 9.52. The molecule has 1 aliphatic rings. The molecule has 2 heterocycles. The first-order chi connectivity index (χ1) is 10.7. The number of nitrogens with zero attached hydrogens (tertiary/aromatic N) is 2. The Morgan fingerprint density at radius 1 is 1.41 bits per heavy atom. The number of ether oxygens (including phenoxy) is 1. The molecule has 1 saturated heterocycles. The van der Waals surface area contributed by atoms with Gasteiger partial charge in [-0.1, -0.05) is 12.1 Å². The molecule has 1 aromatic heterocycles. The van der Waals surface area contributed by atoms with Gasteiger partial charge in [-0.3, -0.25) is 4.98 Å². The summed E-state index contributed by atoms with van der Waals surface area (Å²) in [7, 11) is 1.80. The van der Waals surface area contributed by atoms with Gasteiger partial charge in [0.05, 0.1) is 11.6 Å². The summed E-state index contributed by atoms with van der Waals surface area (Å²) in [4.78, 5) is 18.2. The lowest BCUT2D eigenvalue weighted by Crippen LogP contribution is -2.39. The molecular weight excluding hydrogens is 278 g/mol. The number of hydrogen-bond donors (Lipinski definition) is 1. The molecule has 5 heteroatoms. The topological polar surface area (TPSA) is 54.5 Å². The van der Waals surface area contributed by atoms with Crippen molar-refractivity contribution in [3.8, 4) is 0 Å². The van der Waals surface area contributed by atoms with Crippen molar-refractivity contribution in [3.63, 3.8) is 0 Å². The maximum Gasteiger partial charge on any atom is 0.321 e. The van der Waals surface area contributed by atoms with Gasteiger partial charge in [0.2, 0.25) is 0 Å².